The summed E-state index contributed by atoms with van der Waals surface area (Å²) in [4.78, 5) is 26.2. The number of benzene rings is 1. The van der Waals surface area contributed by atoms with Crippen LogP contribution in [-0.4, -0.2) is 60.4 Å². The molecule has 7 nitrogen and oxygen atoms in total. The van der Waals surface area contributed by atoms with Gasteiger partial charge in [-0.15, -0.1) is 0 Å². The van der Waals surface area contributed by atoms with Gasteiger partial charge in [0.15, 0.2) is 0 Å². The molecule has 2 rings (SSSR count). The van der Waals surface area contributed by atoms with E-state index in [0.717, 1.165) is 0 Å². The maximum atomic E-state index is 12.2. The third-order valence-electron chi connectivity index (χ3n) is 4.03. The predicted molar refractivity (Wildman–Crippen MR) is 96.1 cm³/mol. The molecule has 1 fully saturated rings. The number of nitrogens with one attached hydrogen (secondary N) is 2. The molecule has 0 aliphatic carbocycles. The minimum atomic E-state index is -0.474. The number of hydrogen-bond donors (Lipinski definition) is 3. The number of amides is 2. The minimum Gasteiger partial charge on any atom is -0.459 e. The van der Waals surface area contributed by atoms with Crippen molar-refractivity contribution >= 4 is 29.3 Å². The standard InChI is InChI=1S/C17H24ClN3O4/c1-10(2)25-16(23)11-4-5-14(18)15(6-11)20-17(24)19-12-7-13(9-22)21(3)8-12/h4-6,10,12-13,22H,7-9H2,1-3H3,(H2,19,20,24)/t12-,13+/m1/s1. The van der Waals surface area contributed by atoms with Gasteiger partial charge in [0.05, 0.1) is 29.0 Å². The van der Waals surface area contributed by atoms with E-state index in [2.05, 4.69) is 10.6 Å². The molecule has 0 saturated carbocycles. The third kappa shape index (κ3) is 5.32. The van der Waals surface area contributed by atoms with Gasteiger partial charge in [-0.2, -0.15) is 0 Å². The Bertz CT molecular complexity index is 638. The number of anilines is 1. The summed E-state index contributed by atoms with van der Waals surface area (Å²) >= 11 is 6.10. The average molecular weight is 370 g/mol. The lowest BCUT2D eigenvalue weighted by molar-refractivity contribution is 0.0378. The van der Waals surface area contributed by atoms with E-state index in [9.17, 15) is 14.7 Å². The lowest BCUT2D eigenvalue weighted by atomic mass is 10.2. The van der Waals surface area contributed by atoms with E-state index in [1.165, 1.54) is 6.07 Å². The molecule has 3 N–H and O–H groups in total. The maximum Gasteiger partial charge on any atom is 0.338 e. The molecule has 0 spiro atoms. The summed E-state index contributed by atoms with van der Waals surface area (Å²) in [5, 5.41) is 15.1. The van der Waals surface area contributed by atoms with Crippen molar-refractivity contribution in [1.29, 1.82) is 0 Å². The zero-order valence-corrected chi connectivity index (χ0v) is 15.3. The fourth-order valence-electron chi connectivity index (χ4n) is 2.77. The van der Waals surface area contributed by atoms with E-state index in [4.69, 9.17) is 16.3 Å². The first-order valence-corrected chi connectivity index (χ1v) is 8.57. The molecule has 1 aliphatic rings. The van der Waals surface area contributed by atoms with Crippen molar-refractivity contribution in [3.05, 3.63) is 28.8 Å². The van der Waals surface area contributed by atoms with E-state index in [1.54, 1.807) is 26.0 Å². The first kappa shape index (κ1) is 19.5. The van der Waals surface area contributed by atoms with Crippen LogP contribution in [0.5, 0.6) is 0 Å². The Morgan fingerprint density at radius 2 is 2.16 bits per heavy atom. The van der Waals surface area contributed by atoms with Crippen molar-refractivity contribution in [2.75, 3.05) is 25.5 Å². The van der Waals surface area contributed by atoms with E-state index < -0.39 is 12.0 Å². The second-order valence-corrected chi connectivity index (χ2v) is 6.86. The van der Waals surface area contributed by atoms with Gasteiger partial charge < -0.3 is 20.5 Å². The largest absolute Gasteiger partial charge is 0.459 e. The number of carbonyl (C=O) groups is 2. The monoisotopic (exact) mass is 369 g/mol. The third-order valence-corrected chi connectivity index (χ3v) is 4.36. The minimum absolute atomic E-state index is 0.0445. The highest BCUT2D eigenvalue weighted by Gasteiger charge is 2.29. The van der Waals surface area contributed by atoms with E-state index in [1.807, 2.05) is 11.9 Å². The van der Waals surface area contributed by atoms with Gasteiger partial charge in [0.2, 0.25) is 0 Å². The molecule has 1 heterocycles. The van der Waals surface area contributed by atoms with Crippen LogP contribution in [0.4, 0.5) is 10.5 Å². The highest BCUT2D eigenvalue weighted by atomic mass is 35.5. The second-order valence-electron chi connectivity index (χ2n) is 6.46. The molecule has 1 aromatic carbocycles. The van der Waals surface area contributed by atoms with Gasteiger partial charge in [-0.25, -0.2) is 9.59 Å². The fraction of sp³-hybridized carbons (Fsp3) is 0.529. The number of halogens is 1. The summed E-state index contributed by atoms with van der Waals surface area (Å²) in [6.07, 6.45) is 0.441. The van der Waals surface area contributed by atoms with Crippen molar-refractivity contribution in [3.63, 3.8) is 0 Å². The molecule has 1 saturated heterocycles. The summed E-state index contributed by atoms with van der Waals surface area (Å²) in [6, 6.07) is 4.16. The molecule has 0 aromatic heterocycles. The van der Waals surface area contributed by atoms with Crippen molar-refractivity contribution < 1.29 is 19.4 Å². The predicted octanol–water partition coefficient (Wildman–Crippen LogP) is 2.09. The topological polar surface area (TPSA) is 90.9 Å². The number of likely N-dealkylation sites (tertiary alicyclic amines) is 1. The highest BCUT2D eigenvalue weighted by Crippen LogP contribution is 2.24. The Hall–Kier alpha value is -1.83. The molecule has 2 atom stereocenters. The van der Waals surface area contributed by atoms with Crippen LogP contribution in [0.15, 0.2) is 18.2 Å². The van der Waals surface area contributed by atoms with E-state index in [0.29, 0.717) is 29.2 Å². The lowest BCUT2D eigenvalue weighted by Crippen LogP contribution is -2.39. The summed E-state index contributed by atoms with van der Waals surface area (Å²) < 4.78 is 5.14. The van der Waals surface area contributed by atoms with E-state index >= 15 is 0 Å². The van der Waals surface area contributed by atoms with Crippen LogP contribution in [0.1, 0.15) is 30.6 Å². The maximum absolute atomic E-state index is 12.2. The van der Waals surface area contributed by atoms with Crippen LogP contribution in [0.3, 0.4) is 0 Å². The number of hydrogen-bond acceptors (Lipinski definition) is 5. The average Bonchev–Trinajstić information content (AvgIpc) is 2.88. The van der Waals surface area contributed by atoms with Gasteiger partial charge in [0, 0.05) is 18.6 Å². The van der Waals surface area contributed by atoms with Crippen LogP contribution in [-0.2, 0) is 4.74 Å². The Kier molecular flexibility index (Phi) is 6.64. The summed E-state index contributed by atoms with van der Waals surface area (Å²) in [5.41, 5.74) is 0.650. The Morgan fingerprint density at radius 1 is 1.44 bits per heavy atom. The second kappa shape index (κ2) is 8.51. The van der Waals surface area contributed by atoms with Crippen LogP contribution < -0.4 is 10.6 Å². The van der Waals surface area contributed by atoms with Crippen LogP contribution in [0.25, 0.3) is 0 Å². The van der Waals surface area contributed by atoms with Crippen molar-refractivity contribution in [1.82, 2.24) is 10.2 Å². The van der Waals surface area contributed by atoms with Gasteiger partial charge >= 0.3 is 12.0 Å². The van der Waals surface area contributed by atoms with Crippen LogP contribution >= 0.6 is 11.6 Å². The Labute approximate surface area is 152 Å². The fourth-order valence-corrected chi connectivity index (χ4v) is 2.94. The number of likely N-dealkylation sites (N-methyl/N-ethyl adjacent to an activating group) is 1. The quantitative estimate of drug-likeness (QED) is 0.691. The number of rotatable bonds is 5. The number of urea groups is 1. The molecule has 8 heteroatoms. The highest BCUT2D eigenvalue weighted by molar-refractivity contribution is 6.33. The van der Waals surface area contributed by atoms with Gasteiger partial charge in [-0.3, -0.25) is 4.90 Å². The number of aliphatic hydroxyl groups is 1. The number of aliphatic hydroxyl groups excluding tert-OH is 1. The first-order chi connectivity index (χ1) is 11.8. The van der Waals surface area contributed by atoms with Gasteiger partial charge in [0.1, 0.15) is 0 Å². The SMILES string of the molecule is CC(C)OC(=O)c1ccc(Cl)c(NC(=O)N[C@@H]2C[C@@H](CO)N(C)C2)c1. The van der Waals surface area contributed by atoms with Gasteiger partial charge in [-0.1, -0.05) is 11.6 Å². The van der Waals surface area contributed by atoms with Gasteiger partial charge in [-0.05, 0) is 45.5 Å². The van der Waals surface area contributed by atoms with Crippen molar-refractivity contribution in [2.24, 2.45) is 0 Å². The Balaban J connectivity index is 1.99. The van der Waals surface area contributed by atoms with Gasteiger partial charge in [0.25, 0.3) is 0 Å². The normalized spacial score (nSPS) is 20.6. The number of carbonyl (C=O) groups excluding carboxylic acids is 2. The first-order valence-electron chi connectivity index (χ1n) is 8.19. The summed E-state index contributed by atoms with van der Waals surface area (Å²) in [6.45, 7) is 4.24. The summed E-state index contributed by atoms with van der Waals surface area (Å²) in [5.74, 6) is -0.474. The zero-order valence-electron chi connectivity index (χ0n) is 14.6. The number of esters is 1. The lowest BCUT2D eigenvalue weighted by Gasteiger charge is -2.15. The van der Waals surface area contributed by atoms with E-state index in [-0.39, 0.29) is 24.8 Å². The van der Waals surface area contributed by atoms with Crippen LogP contribution in [0, 0.1) is 0 Å². The zero-order chi connectivity index (χ0) is 18.6. The van der Waals surface area contributed by atoms with Crippen molar-refractivity contribution in [2.45, 2.75) is 38.5 Å². The smallest absolute Gasteiger partial charge is 0.338 e. The number of nitrogens with zero attached hydrogens (tertiary/aromatic N) is 1. The van der Waals surface area contributed by atoms with Crippen LogP contribution in [0.2, 0.25) is 5.02 Å². The molecular formula is C17H24ClN3O4. The molecule has 2 amide bonds. The Morgan fingerprint density at radius 3 is 2.76 bits per heavy atom. The molecular weight excluding hydrogens is 346 g/mol. The molecule has 138 valence electrons. The summed E-state index contributed by atoms with van der Waals surface area (Å²) in [7, 11) is 1.90. The molecule has 1 aromatic rings. The molecule has 0 radical (unpaired) electrons. The molecule has 0 unspecified atom stereocenters. The molecule has 1 aliphatic heterocycles. The molecule has 25 heavy (non-hydrogen) atoms. The van der Waals surface area contributed by atoms with Crippen molar-refractivity contribution in [3.8, 4) is 0 Å². The number of ether oxygens (including phenoxy) is 1. The molecule has 0 bridgehead atoms.